The van der Waals surface area contributed by atoms with Crippen LogP contribution in [0.5, 0.6) is 0 Å². The summed E-state index contributed by atoms with van der Waals surface area (Å²) in [5.74, 6) is 0. The first kappa shape index (κ1) is 19.4. The Hall–Kier alpha value is -2.90. The highest BCUT2D eigenvalue weighted by Crippen LogP contribution is 2.29. The van der Waals surface area contributed by atoms with Crippen LogP contribution in [0, 0.1) is 13.8 Å². The van der Waals surface area contributed by atoms with Crippen LogP contribution in [0.25, 0.3) is 10.8 Å². The van der Waals surface area contributed by atoms with Gasteiger partial charge in [-0.3, -0.25) is 0 Å². The third-order valence-corrected chi connectivity index (χ3v) is 5.96. The largest absolute Gasteiger partial charge is 0.389 e. The quantitative estimate of drug-likeness (QED) is 0.421. The Bertz CT molecular complexity index is 1070. The van der Waals surface area contributed by atoms with Crippen molar-refractivity contribution >= 4 is 10.8 Å². The predicted octanol–water partition coefficient (Wildman–Crippen LogP) is 6.22. The van der Waals surface area contributed by atoms with Crippen LogP contribution in [-0.2, 0) is 19.3 Å². The summed E-state index contributed by atoms with van der Waals surface area (Å²) in [5.41, 5.74) is 5.23. The summed E-state index contributed by atoms with van der Waals surface area (Å²) in [4.78, 5) is 0. The van der Waals surface area contributed by atoms with E-state index in [2.05, 4.69) is 105 Å². The number of rotatable bonds is 6. The maximum atomic E-state index is 12.0. The fraction of sp³-hybridized carbons (Fsp3) is 0.214. The zero-order valence-electron chi connectivity index (χ0n) is 17.2. The molecule has 0 atom stereocenters. The Morgan fingerprint density at radius 3 is 1.62 bits per heavy atom. The van der Waals surface area contributed by atoms with E-state index in [1.54, 1.807) is 0 Å². The molecular formula is C28H28O. The summed E-state index contributed by atoms with van der Waals surface area (Å²) in [5, 5.41) is 14.4. The highest BCUT2D eigenvalue weighted by Gasteiger charge is 2.30. The molecule has 0 saturated heterocycles. The molecule has 0 saturated carbocycles. The molecule has 29 heavy (non-hydrogen) atoms. The number of hydrogen-bond donors (Lipinski definition) is 1. The van der Waals surface area contributed by atoms with E-state index in [0.717, 1.165) is 0 Å². The maximum Gasteiger partial charge on any atom is 0.0768 e. The smallest absolute Gasteiger partial charge is 0.0768 e. The molecule has 1 N–H and O–H groups in total. The molecule has 146 valence electrons. The molecule has 0 aliphatic heterocycles. The SMILES string of the molecule is Cc1ccccc1CC(O)(Cc1ccccc1C)Cc1cccc2ccccc12. The molecular weight excluding hydrogens is 352 g/mol. The molecule has 0 aromatic heterocycles. The number of aliphatic hydroxyl groups is 1. The normalized spacial score (nSPS) is 11.7. The van der Waals surface area contributed by atoms with Crippen LogP contribution < -0.4 is 0 Å². The molecule has 0 aliphatic rings. The lowest BCUT2D eigenvalue weighted by Gasteiger charge is -2.30. The summed E-state index contributed by atoms with van der Waals surface area (Å²) < 4.78 is 0. The topological polar surface area (TPSA) is 20.2 Å². The van der Waals surface area contributed by atoms with Crippen molar-refractivity contribution < 1.29 is 5.11 Å². The van der Waals surface area contributed by atoms with Gasteiger partial charge in [-0.15, -0.1) is 0 Å². The standard InChI is InChI=1S/C28H28O/c1-21-10-3-5-13-24(21)18-28(29,19-25-14-6-4-11-22(25)2)20-26-16-9-15-23-12-7-8-17-27(23)26/h3-17,29H,18-20H2,1-2H3. The minimum Gasteiger partial charge on any atom is -0.389 e. The van der Waals surface area contributed by atoms with Crippen LogP contribution in [0.2, 0.25) is 0 Å². The Kier molecular flexibility index (Phi) is 5.51. The van der Waals surface area contributed by atoms with Gasteiger partial charge >= 0.3 is 0 Å². The first-order valence-electron chi connectivity index (χ1n) is 10.3. The zero-order chi connectivity index (χ0) is 20.3. The van der Waals surface area contributed by atoms with Gasteiger partial charge in [0, 0.05) is 19.3 Å². The maximum absolute atomic E-state index is 12.0. The summed E-state index contributed by atoms with van der Waals surface area (Å²) in [6.45, 7) is 4.25. The number of benzene rings is 4. The van der Waals surface area contributed by atoms with Gasteiger partial charge < -0.3 is 5.11 Å². The van der Waals surface area contributed by atoms with Crippen LogP contribution in [0.3, 0.4) is 0 Å². The van der Waals surface area contributed by atoms with Gasteiger partial charge in [0.05, 0.1) is 5.60 Å². The average Bonchev–Trinajstić information content (AvgIpc) is 2.72. The van der Waals surface area contributed by atoms with E-state index in [1.807, 2.05) is 0 Å². The van der Waals surface area contributed by atoms with Gasteiger partial charge in [-0.25, -0.2) is 0 Å². The van der Waals surface area contributed by atoms with Gasteiger partial charge in [0.25, 0.3) is 0 Å². The molecule has 0 aliphatic carbocycles. The molecule has 4 rings (SSSR count). The molecule has 0 bridgehead atoms. The van der Waals surface area contributed by atoms with Crippen LogP contribution in [0.4, 0.5) is 0 Å². The molecule has 0 spiro atoms. The van der Waals surface area contributed by atoms with Crippen molar-refractivity contribution in [3.63, 3.8) is 0 Å². The van der Waals surface area contributed by atoms with Crippen molar-refractivity contribution in [3.05, 3.63) is 119 Å². The zero-order valence-corrected chi connectivity index (χ0v) is 17.2. The minimum absolute atomic E-state index is 0.622. The van der Waals surface area contributed by atoms with E-state index in [0.29, 0.717) is 19.3 Å². The van der Waals surface area contributed by atoms with E-state index >= 15 is 0 Å². The van der Waals surface area contributed by atoms with Crippen LogP contribution in [-0.4, -0.2) is 10.7 Å². The van der Waals surface area contributed by atoms with Crippen molar-refractivity contribution in [1.29, 1.82) is 0 Å². The number of hydrogen-bond acceptors (Lipinski definition) is 1. The fourth-order valence-corrected chi connectivity index (χ4v) is 4.31. The van der Waals surface area contributed by atoms with Gasteiger partial charge in [0.15, 0.2) is 0 Å². The fourth-order valence-electron chi connectivity index (χ4n) is 4.31. The van der Waals surface area contributed by atoms with E-state index in [-0.39, 0.29) is 0 Å². The van der Waals surface area contributed by atoms with Crippen molar-refractivity contribution in [2.24, 2.45) is 0 Å². The lowest BCUT2D eigenvalue weighted by molar-refractivity contribution is 0.0411. The lowest BCUT2D eigenvalue weighted by Crippen LogP contribution is -2.37. The van der Waals surface area contributed by atoms with E-state index in [4.69, 9.17) is 0 Å². The number of fused-ring (bicyclic) bond motifs is 1. The summed E-state index contributed by atoms with van der Waals surface area (Å²) in [7, 11) is 0. The summed E-state index contributed by atoms with van der Waals surface area (Å²) in [6.07, 6.45) is 1.89. The Labute approximate surface area is 173 Å². The van der Waals surface area contributed by atoms with Crippen molar-refractivity contribution in [1.82, 2.24) is 0 Å². The van der Waals surface area contributed by atoms with Crippen LogP contribution >= 0.6 is 0 Å². The van der Waals surface area contributed by atoms with Gasteiger partial charge in [-0.1, -0.05) is 91.0 Å². The molecule has 0 fully saturated rings. The van der Waals surface area contributed by atoms with E-state index in [1.165, 1.54) is 38.6 Å². The first-order valence-corrected chi connectivity index (χ1v) is 10.3. The highest BCUT2D eigenvalue weighted by atomic mass is 16.3. The third kappa shape index (κ3) is 4.41. The lowest BCUT2D eigenvalue weighted by atomic mass is 9.80. The summed E-state index contributed by atoms with van der Waals surface area (Å²) >= 11 is 0. The second-order valence-electron chi connectivity index (χ2n) is 8.25. The van der Waals surface area contributed by atoms with Crippen LogP contribution in [0.15, 0.2) is 91.0 Å². The first-order chi connectivity index (χ1) is 14.0. The highest BCUT2D eigenvalue weighted by molar-refractivity contribution is 5.85. The molecule has 1 nitrogen and oxygen atoms in total. The van der Waals surface area contributed by atoms with Crippen molar-refractivity contribution in [2.45, 2.75) is 38.7 Å². The van der Waals surface area contributed by atoms with Crippen LogP contribution in [0.1, 0.15) is 27.8 Å². The van der Waals surface area contributed by atoms with Gasteiger partial charge in [0.1, 0.15) is 0 Å². The second kappa shape index (κ2) is 8.23. The van der Waals surface area contributed by atoms with Gasteiger partial charge in [0.2, 0.25) is 0 Å². The second-order valence-corrected chi connectivity index (χ2v) is 8.25. The Morgan fingerprint density at radius 1 is 0.552 bits per heavy atom. The van der Waals surface area contributed by atoms with E-state index in [9.17, 15) is 5.11 Å². The number of aryl methyl sites for hydroxylation is 2. The van der Waals surface area contributed by atoms with Gasteiger partial charge in [-0.2, -0.15) is 0 Å². The molecule has 0 heterocycles. The minimum atomic E-state index is -0.859. The van der Waals surface area contributed by atoms with E-state index < -0.39 is 5.60 Å². The molecule has 4 aromatic carbocycles. The monoisotopic (exact) mass is 380 g/mol. The van der Waals surface area contributed by atoms with Crippen molar-refractivity contribution in [3.8, 4) is 0 Å². The molecule has 0 unspecified atom stereocenters. The molecule has 4 aromatic rings. The third-order valence-electron chi connectivity index (χ3n) is 5.96. The van der Waals surface area contributed by atoms with Crippen molar-refractivity contribution in [2.75, 3.05) is 0 Å². The summed E-state index contributed by atoms with van der Waals surface area (Å²) in [6, 6.07) is 31.6. The predicted molar refractivity (Wildman–Crippen MR) is 122 cm³/mol. The van der Waals surface area contributed by atoms with Gasteiger partial charge in [-0.05, 0) is 52.4 Å². The molecule has 1 heteroatoms. The molecule has 0 amide bonds. The Balaban J connectivity index is 1.75. The molecule has 0 radical (unpaired) electrons. The average molecular weight is 381 g/mol. The Morgan fingerprint density at radius 2 is 1.00 bits per heavy atom.